The van der Waals surface area contributed by atoms with Gasteiger partial charge in [-0.1, -0.05) is 35.6 Å². The van der Waals surface area contributed by atoms with Crippen LogP contribution in [0.3, 0.4) is 0 Å². The molecule has 28 heavy (non-hydrogen) atoms. The zero-order chi connectivity index (χ0) is 19.9. The lowest BCUT2D eigenvalue weighted by atomic mass is 10.1. The van der Waals surface area contributed by atoms with Crippen LogP contribution in [0.25, 0.3) is 10.2 Å². The van der Waals surface area contributed by atoms with Gasteiger partial charge in [-0.2, -0.15) is 4.28 Å². The molecule has 0 atom stereocenters. The van der Waals surface area contributed by atoms with Crippen molar-refractivity contribution in [2.75, 3.05) is 0 Å². The summed E-state index contributed by atoms with van der Waals surface area (Å²) in [7, 11) is 0. The third-order valence-corrected chi connectivity index (χ3v) is 5.74. The number of rotatable bonds is 5. The first kappa shape index (κ1) is 18.6. The van der Waals surface area contributed by atoms with Gasteiger partial charge < -0.3 is 4.74 Å². The Bertz CT molecular complexity index is 1040. The van der Waals surface area contributed by atoms with Crippen LogP contribution >= 0.6 is 23.4 Å². The van der Waals surface area contributed by atoms with Crippen molar-refractivity contribution in [3.05, 3.63) is 59.7 Å². The fourth-order valence-corrected chi connectivity index (χ4v) is 3.82. The van der Waals surface area contributed by atoms with Gasteiger partial charge in [-0.15, -0.1) is 5.06 Å². The Balaban J connectivity index is 1.43. The summed E-state index contributed by atoms with van der Waals surface area (Å²) < 4.78 is 10.4. The second-order valence-corrected chi connectivity index (χ2v) is 8.79. The highest BCUT2D eigenvalue weighted by atomic mass is 32.2. The average molecular weight is 414 g/mol. The number of para-hydroxylation sites is 1. The molecular weight excluding hydrogens is 400 g/mol. The van der Waals surface area contributed by atoms with Crippen molar-refractivity contribution < 1.29 is 23.4 Å². The zero-order valence-corrected chi connectivity index (χ0v) is 16.5. The molecule has 2 heterocycles. The third-order valence-electron chi connectivity index (χ3n) is 4.02. The largest absolute Gasteiger partial charge is 0.397 e. The summed E-state index contributed by atoms with van der Waals surface area (Å²) in [5, 5.41) is 0.878. The molecule has 142 valence electrons. The average Bonchev–Trinajstić information content (AvgIpc) is 3.19. The van der Waals surface area contributed by atoms with Crippen molar-refractivity contribution in [2.45, 2.75) is 18.6 Å². The predicted octanol–water partition coefficient (Wildman–Crippen LogP) is 3.86. The minimum atomic E-state index is -1.19. The number of nitrogens with zero attached hydrogens (tertiary/aromatic N) is 2. The van der Waals surface area contributed by atoms with E-state index in [0.717, 1.165) is 10.2 Å². The van der Waals surface area contributed by atoms with Gasteiger partial charge in [-0.25, -0.2) is 9.78 Å². The molecule has 3 aromatic rings. The van der Waals surface area contributed by atoms with Crippen molar-refractivity contribution in [3.63, 3.8) is 0 Å². The lowest BCUT2D eigenvalue weighted by Gasteiger charge is -2.22. The Hall–Kier alpha value is -2.75. The van der Waals surface area contributed by atoms with Crippen LogP contribution in [0.15, 0.2) is 48.5 Å². The first-order valence-electron chi connectivity index (χ1n) is 8.28. The van der Waals surface area contributed by atoms with Crippen LogP contribution in [0.5, 0.6) is 5.19 Å². The molecule has 0 unspecified atom stereocenters. The summed E-state index contributed by atoms with van der Waals surface area (Å²) in [6.07, 6.45) is 0. The van der Waals surface area contributed by atoms with Crippen molar-refractivity contribution in [3.8, 4) is 5.19 Å². The quantitative estimate of drug-likeness (QED) is 0.356. The molecule has 0 N–H and O–H groups in total. The Labute approximate surface area is 168 Å². The lowest BCUT2D eigenvalue weighted by molar-refractivity contribution is -0.136. The van der Waals surface area contributed by atoms with Gasteiger partial charge in [0.1, 0.15) is 4.75 Å². The predicted molar refractivity (Wildman–Crippen MR) is 105 cm³/mol. The van der Waals surface area contributed by atoms with Gasteiger partial charge in [-0.05, 0) is 38.1 Å². The lowest BCUT2D eigenvalue weighted by Crippen LogP contribution is -2.36. The minimum absolute atomic E-state index is 0.223. The molecule has 0 aliphatic carbocycles. The highest BCUT2D eigenvalue weighted by Gasteiger charge is 2.40. The summed E-state index contributed by atoms with van der Waals surface area (Å²) in [5.41, 5.74) is 1.27. The Morgan fingerprint density at radius 2 is 1.64 bits per heavy atom. The smallest absolute Gasteiger partial charge is 0.331 e. The molecule has 0 spiro atoms. The SMILES string of the molecule is CC(C)(SON1C(=O)c2ccccc2C1=O)C(=O)Oc1nc2ccccc2s1. The number of imide groups is 1. The first-order valence-corrected chi connectivity index (χ1v) is 9.84. The monoisotopic (exact) mass is 414 g/mol. The number of carbonyl (C=O) groups is 3. The number of benzene rings is 2. The van der Waals surface area contributed by atoms with Gasteiger partial charge >= 0.3 is 5.97 Å². The molecule has 0 radical (unpaired) electrons. The molecule has 1 aromatic heterocycles. The number of ether oxygens (including phenoxy) is 1. The maximum absolute atomic E-state index is 12.6. The van der Waals surface area contributed by atoms with Crippen LogP contribution in [-0.2, 0) is 9.08 Å². The number of thiazole rings is 1. The molecule has 0 bridgehead atoms. The molecule has 1 aliphatic heterocycles. The van der Waals surface area contributed by atoms with E-state index in [1.54, 1.807) is 38.1 Å². The molecule has 0 saturated heterocycles. The van der Waals surface area contributed by atoms with E-state index < -0.39 is 22.5 Å². The summed E-state index contributed by atoms with van der Waals surface area (Å²) in [6.45, 7) is 3.15. The van der Waals surface area contributed by atoms with Crippen LogP contribution in [0, 0.1) is 0 Å². The second-order valence-electron chi connectivity index (χ2n) is 6.46. The molecule has 2 amide bonds. The first-order chi connectivity index (χ1) is 13.4. The van der Waals surface area contributed by atoms with Gasteiger partial charge in [0.2, 0.25) is 0 Å². The molecule has 2 aromatic carbocycles. The van der Waals surface area contributed by atoms with E-state index >= 15 is 0 Å². The molecule has 9 heteroatoms. The van der Waals surface area contributed by atoms with Gasteiger partial charge in [0.25, 0.3) is 17.0 Å². The second kappa shape index (κ2) is 7.01. The number of amides is 2. The summed E-state index contributed by atoms with van der Waals surface area (Å²) >= 11 is 1.93. The van der Waals surface area contributed by atoms with Crippen molar-refractivity contribution in [1.29, 1.82) is 0 Å². The molecule has 0 saturated carbocycles. The van der Waals surface area contributed by atoms with Crippen LogP contribution in [0.2, 0.25) is 0 Å². The highest BCUT2D eigenvalue weighted by molar-refractivity contribution is 7.96. The third kappa shape index (κ3) is 3.28. The van der Waals surface area contributed by atoms with E-state index in [2.05, 4.69) is 4.98 Å². The molecular formula is C19H14N2O5S2. The Kier molecular flexibility index (Phi) is 4.66. The van der Waals surface area contributed by atoms with Gasteiger partial charge in [0.05, 0.1) is 21.3 Å². The topological polar surface area (TPSA) is 85.8 Å². The number of fused-ring (bicyclic) bond motifs is 2. The number of hydrogen-bond acceptors (Lipinski definition) is 8. The van der Waals surface area contributed by atoms with Crippen LogP contribution in [-0.4, -0.2) is 32.6 Å². The fourth-order valence-electron chi connectivity index (χ4n) is 2.50. The standard InChI is InChI=1S/C19H14N2O5S2/c1-19(2,17(24)25-18-20-13-9-5-6-10-14(13)27-18)28-26-21-15(22)11-7-3-4-8-12(11)16(21)23/h3-10H,1-2H3. The van der Waals surface area contributed by atoms with E-state index in [9.17, 15) is 14.4 Å². The summed E-state index contributed by atoms with van der Waals surface area (Å²) in [5.74, 6) is -1.74. The molecule has 1 aliphatic rings. The van der Waals surface area contributed by atoms with E-state index in [1.807, 2.05) is 24.3 Å². The normalized spacial score (nSPS) is 13.9. The number of esters is 1. The Morgan fingerprint density at radius 1 is 1.04 bits per heavy atom. The van der Waals surface area contributed by atoms with E-state index in [0.29, 0.717) is 17.1 Å². The number of carbonyl (C=O) groups excluding carboxylic acids is 3. The van der Waals surface area contributed by atoms with Crippen molar-refractivity contribution in [1.82, 2.24) is 10.0 Å². The van der Waals surface area contributed by atoms with Gasteiger partial charge in [0, 0.05) is 12.0 Å². The molecule has 4 rings (SSSR count). The van der Waals surface area contributed by atoms with Crippen molar-refractivity contribution >= 4 is 51.4 Å². The molecule has 7 nitrogen and oxygen atoms in total. The van der Waals surface area contributed by atoms with Crippen LogP contribution in [0.4, 0.5) is 0 Å². The maximum atomic E-state index is 12.6. The van der Waals surface area contributed by atoms with E-state index in [4.69, 9.17) is 9.02 Å². The van der Waals surface area contributed by atoms with E-state index in [1.165, 1.54) is 11.3 Å². The number of aromatic nitrogens is 1. The fraction of sp³-hybridized carbons (Fsp3) is 0.158. The minimum Gasteiger partial charge on any atom is -0.397 e. The van der Waals surface area contributed by atoms with Crippen molar-refractivity contribution in [2.24, 2.45) is 0 Å². The van der Waals surface area contributed by atoms with E-state index in [-0.39, 0.29) is 16.3 Å². The van der Waals surface area contributed by atoms with Gasteiger partial charge in [0.15, 0.2) is 0 Å². The van der Waals surface area contributed by atoms with Crippen LogP contribution < -0.4 is 4.74 Å². The number of hydroxylamine groups is 2. The van der Waals surface area contributed by atoms with Gasteiger partial charge in [-0.3, -0.25) is 9.59 Å². The van der Waals surface area contributed by atoms with Crippen LogP contribution in [0.1, 0.15) is 34.6 Å². The zero-order valence-electron chi connectivity index (χ0n) is 14.9. The molecule has 0 fully saturated rings. The number of hydrogen-bond donors (Lipinski definition) is 0. The maximum Gasteiger partial charge on any atom is 0.331 e. The Morgan fingerprint density at radius 3 is 2.29 bits per heavy atom. The summed E-state index contributed by atoms with van der Waals surface area (Å²) in [6, 6.07) is 13.9. The highest BCUT2D eigenvalue weighted by Crippen LogP contribution is 2.34. The summed E-state index contributed by atoms with van der Waals surface area (Å²) in [4.78, 5) is 41.5.